The number of hydrogen-bond donors (Lipinski definition) is 8. The quantitative estimate of drug-likeness (QED) is 0.137. The lowest BCUT2D eigenvalue weighted by molar-refractivity contribution is 0.451. The maximum absolute atomic E-state index is 10.7. The number of ether oxygens (including phenoxy) is 1. The largest absolute Gasteiger partial charge is 0.506 e. The van der Waals surface area contributed by atoms with Crippen molar-refractivity contribution in [2.24, 2.45) is 0 Å². The van der Waals surface area contributed by atoms with Crippen LogP contribution in [0.5, 0.6) is 34.5 Å². The molecule has 0 amide bonds. The van der Waals surface area contributed by atoms with Crippen molar-refractivity contribution in [3.05, 3.63) is 58.7 Å². The summed E-state index contributed by atoms with van der Waals surface area (Å²) in [5, 5.41) is 41.6. The van der Waals surface area contributed by atoms with Crippen molar-refractivity contribution in [1.29, 1.82) is 0 Å². The van der Waals surface area contributed by atoms with Crippen molar-refractivity contribution in [3.8, 4) is 56.8 Å². The number of anilines is 4. The molecule has 12 N–H and O–H groups in total. The zero-order valence-electron chi connectivity index (χ0n) is 21.0. The minimum absolute atomic E-state index is 0.0371. The van der Waals surface area contributed by atoms with Crippen LogP contribution >= 0.6 is 0 Å². The third-order valence-corrected chi connectivity index (χ3v) is 6.44. The van der Waals surface area contributed by atoms with Crippen LogP contribution in [-0.4, -0.2) is 20.4 Å². The van der Waals surface area contributed by atoms with E-state index in [4.69, 9.17) is 27.7 Å². The second-order valence-electron chi connectivity index (χ2n) is 9.23. The van der Waals surface area contributed by atoms with E-state index >= 15 is 0 Å². The summed E-state index contributed by atoms with van der Waals surface area (Å²) < 4.78 is 6.33. The minimum atomic E-state index is -0.177. The van der Waals surface area contributed by atoms with Crippen LogP contribution in [0.15, 0.2) is 36.4 Å². The molecule has 0 heterocycles. The average molecular weight is 503 g/mol. The van der Waals surface area contributed by atoms with Gasteiger partial charge in [0.15, 0.2) is 11.5 Å². The first-order valence-electron chi connectivity index (χ1n) is 11.4. The van der Waals surface area contributed by atoms with Crippen LogP contribution in [-0.2, 0) is 0 Å². The number of nitrogen functional groups attached to an aromatic ring is 4. The van der Waals surface area contributed by atoms with Gasteiger partial charge < -0.3 is 48.1 Å². The SMILES string of the molecule is Cc1cc(-c2cc(C)c(O)c(N)c2Oc2c(-c3cc(C)c(O)c(N)c3)cc(C)c(O)c2N)cc(N)c1O. The Balaban J connectivity index is 2.02. The van der Waals surface area contributed by atoms with Gasteiger partial charge in [-0.2, -0.15) is 0 Å². The second kappa shape index (κ2) is 8.94. The van der Waals surface area contributed by atoms with Crippen molar-refractivity contribution >= 4 is 22.7 Å². The first kappa shape index (κ1) is 25.2. The van der Waals surface area contributed by atoms with Crippen molar-refractivity contribution in [3.63, 3.8) is 0 Å². The fraction of sp³-hybridized carbons (Fsp3) is 0.143. The molecule has 37 heavy (non-hydrogen) atoms. The van der Waals surface area contributed by atoms with Gasteiger partial charge in [-0.1, -0.05) is 0 Å². The highest BCUT2D eigenvalue weighted by molar-refractivity contribution is 5.89. The van der Waals surface area contributed by atoms with Gasteiger partial charge in [0, 0.05) is 11.1 Å². The predicted octanol–water partition coefficient (Wildman–Crippen LogP) is 5.20. The Labute approximate surface area is 214 Å². The maximum atomic E-state index is 10.7. The molecule has 0 aliphatic heterocycles. The summed E-state index contributed by atoms with van der Waals surface area (Å²) in [4.78, 5) is 0. The zero-order valence-corrected chi connectivity index (χ0v) is 21.0. The van der Waals surface area contributed by atoms with E-state index in [9.17, 15) is 20.4 Å². The molecule has 4 rings (SSSR count). The third-order valence-electron chi connectivity index (χ3n) is 6.44. The summed E-state index contributed by atoms with van der Waals surface area (Å²) >= 11 is 0. The molecule has 0 aliphatic carbocycles. The molecule has 0 radical (unpaired) electrons. The molecule has 4 aromatic carbocycles. The van der Waals surface area contributed by atoms with Crippen molar-refractivity contribution in [1.82, 2.24) is 0 Å². The molecule has 0 aromatic heterocycles. The van der Waals surface area contributed by atoms with Crippen LogP contribution in [0.1, 0.15) is 22.3 Å². The molecule has 9 nitrogen and oxygen atoms in total. The highest BCUT2D eigenvalue weighted by atomic mass is 16.5. The Hall–Kier alpha value is -4.92. The van der Waals surface area contributed by atoms with Crippen LogP contribution in [0.25, 0.3) is 22.3 Å². The molecule has 4 aromatic rings. The normalized spacial score (nSPS) is 11.0. The average Bonchev–Trinajstić information content (AvgIpc) is 2.85. The van der Waals surface area contributed by atoms with Crippen LogP contribution in [0.3, 0.4) is 0 Å². The number of benzene rings is 4. The molecule has 0 unspecified atom stereocenters. The van der Waals surface area contributed by atoms with Crippen LogP contribution < -0.4 is 27.7 Å². The van der Waals surface area contributed by atoms with Gasteiger partial charge in [-0.05, 0) is 97.5 Å². The van der Waals surface area contributed by atoms with Gasteiger partial charge in [-0.3, -0.25) is 0 Å². The summed E-state index contributed by atoms with van der Waals surface area (Å²) in [6.07, 6.45) is 0. The minimum Gasteiger partial charge on any atom is -0.506 e. The Kier molecular flexibility index (Phi) is 6.09. The molecule has 0 bridgehead atoms. The lowest BCUT2D eigenvalue weighted by Gasteiger charge is -2.21. The number of nitrogens with two attached hydrogens (primary N) is 4. The number of hydrogen-bond acceptors (Lipinski definition) is 9. The van der Waals surface area contributed by atoms with Gasteiger partial charge >= 0.3 is 0 Å². The summed E-state index contributed by atoms with van der Waals surface area (Å²) in [7, 11) is 0. The summed E-state index contributed by atoms with van der Waals surface area (Å²) in [5.74, 6) is -0.277. The highest BCUT2D eigenvalue weighted by Crippen LogP contribution is 2.51. The molecule has 0 spiro atoms. The Bertz CT molecular complexity index is 1420. The smallest absolute Gasteiger partial charge is 0.162 e. The fourth-order valence-electron chi connectivity index (χ4n) is 4.31. The highest BCUT2D eigenvalue weighted by Gasteiger charge is 2.24. The van der Waals surface area contributed by atoms with Crippen LogP contribution in [0.2, 0.25) is 0 Å². The first-order chi connectivity index (χ1) is 17.3. The van der Waals surface area contributed by atoms with E-state index in [1.807, 2.05) is 0 Å². The van der Waals surface area contributed by atoms with Crippen LogP contribution in [0, 0.1) is 27.7 Å². The molecule has 0 fully saturated rings. The van der Waals surface area contributed by atoms with E-state index in [1.54, 1.807) is 64.1 Å². The molecule has 192 valence electrons. The topological polar surface area (TPSA) is 194 Å². The molecular formula is C28H30N4O5. The molecule has 0 aliphatic rings. The lowest BCUT2D eigenvalue weighted by atomic mass is 9.96. The standard InChI is InChI=1S/C28H30N4O5/c1-11-5-15(9-19(29)23(11)33)17-7-13(3)25(35)21(31)27(17)37-28-18(8-14(4)26(36)22(28)32)16-6-12(2)24(34)20(30)10-16/h5-10,33-36H,29-32H2,1-4H3. The first-order valence-corrected chi connectivity index (χ1v) is 11.4. The number of aryl methyl sites for hydroxylation is 4. The van der Waals surface area contributed by atoms with Gasteiger partial charge in [0.1, 0.15) is 34.4 Å². The Morgan fingerprint density at radius 3 is 1.14 bits per heavy atom. The van der Waals surface area contributed by atoms with Gasteiger partial charge in [-0.25, -0.2) is 0 Å². The Morgan fingerprint density at radius 2 is 0.811 bits per heavy atom. The van der Waals surface area contributed by atoms with Gasteiger partial charge in [0.25, 0.3) is 0 Å². The molecule has 9 heteroatoms. The van der Waals surface area contributed by atoms with Gasteiger partial charge in [0.05, 0.1) is 11.4 Å². The van der Waals surface area contributed by atoms with E-state index in [0.717, 1.165) is 0 Å². The van der Waals surface area contributed by atoms with E-state index < -0.39 is 0 Å². The van der Waals surface area contributed by atoms with Gasteiger partial charge in [-0.15, -0.1) is 0 Å². The molecule has 0 saturated carbocycles. The third kappa shape index (κ3) is 4.20. The van der Waals surface area contributed by atoms with Crippen molar-refractivity contribution < 1.29 is 25.2 Å². The number of phenolic OH excluding ortho intramolecular Hbond substituents is 4. The molecule has 0 atom stereocenters. The zero-order chi connectivity index (χ0) is 27.3. The fourth-order valence-corrected chi connectivity index (χ4v) is 4.31. The Morgan fingerprint density at radius 1 is 0.486 bits per heavy atom. The lowest BCUT2D eigenvalue weighted by Crippen LogP contribution is -2.02. The summed E-state index contributed by atoms with van der Waals surface area (Å²) in [5.41, 5.74) is 29.1. The second-order valence-corrected chi connectivity index (χ2v) is 9.23. The van der Waals surface area contributed by atoms with Gasteiger partial charge in [0.2, 0.25) is 0 Å². The van der Waals surface area contributed by atoms with E-state index in [1.165, 1.54) is 0 Å². The van der Waals surface area contributed by atoms with Crippen molar-refractivity contribution in [2.75, 3.05) is 22.9 Å². The number of phenols is 4. The number of rotatable bonds is 4. The van der Waals surface area contributed by atoms with Crippen LogP contribution in [0.4, 0.5) is 22.7 Å². The van der Waals surface area contributed by atoms with Crippen molar-refractivity contribution in [2.45, 2.75) is 27.7 Å². The van der Waals surface area contributed by atoms with E-state index in [-0.39, 0.29) is 57.2 Å². The monoisotopic (exact) mass is 502 g/mol. The number of aromatic hydroxyl groups is 4. The molecular weight excluding hydrogens is 472 g/mol. The molecule has 0 saturated heterocycles. The summed E-state index contributed by atoms with van der Waals surface area (Å²) in [6, 6.07) is 9.93. The van der Waals surface area contributed by atoms with E-state index in [2.05, 4.69) is 0 Å². The maximum Gasteiger partial charge on any atom is 0.162 e. The summed E-state index contributed by atoms with van der Waals surface area (Å²) in [6.45, 7) is 6.79. The van der Waals surface area contributed by atoms with E-state index in [0.29, 0.717) is 44.5 Å². The predicted molar refractivity (Wildman–Crippen MR) is 147 cm³/mol.